The minimum absolute atomic E-state index is 0.0365. The maximum absolute atomic E-state index is 14.2. The molecule has 0 spiro atoms. The minimum atomic E-state index is -0.613. The number of nitrogens with zero attached hydrogens (tertiary/aromatic N) is 1. The predicted molar refractivity (Wildman–Crippen MR) is 96.5 cm³/mol. The van der Waals surface area contributed by atoms with E-state index in [0.29, 0.717) is 16.9 Å². The molecule has 0 aliphatic carbocycles. The van der Waals surface area contributed by atoms with Crippen molar-refractivity contribution >= 4 is 17.5 Å². The van der Waals surface area contributed by atoms with Crippen LogP contribution in [0.5, 0.6) is 5.75 Å². The van der Waals surface area contributed by atoms with E-state index in [1.165, 1.54) is 60.7 Å². The van der Waals surface area contributed by atoms with Gasteiger partial charge in [-0.25, -0.2) is 13.6 Å². The highest BCUT2D eigenvalue weighted by Gasteiger charge is 2.29. The van der Waals surface area contributed by atoms with Crippen molar-refractivity contribution in [2.45, 2.75) is 19.4 Å². The number of methoxy groups -OCH3 is 1. The molecule has 7 heteroatoms. The first kappa shape index (κ1) is 18.6. The fraction of sp³-hybridized carbons (Fsp3) is 0.200. The van der Waals surface area contributed by atoms with E-state index in [9.17, 15) is 18.4 Å². The standard InChI is InChI=1S/C20H18F2N2O3/c1-12-9-16(22)17(11-19(12)27-2)23-20(26)24-8-7-15(25)10-18(24)13-3-5-14(21)6-4-13/h3-9,11,18H,10H2,1-2H3,(H,23,26)/t18-/m0/s1. The number of carbonyl (C=O) groups is 2. The molecular weight excluding hydrogens is 354 g/mol. The van der Waals surface area contributed by atoms with Gasteiger partial charge in [0.25, 0.3) is 0 Å². The molecule has 1 N–H and O–H groups in total. The number of benzene rings is 2. The summed E-state index contributed by atoms with van der Waals surface area (Å²) in [4.78, 5) is 25.8. The summed E-state index contributed by atoms with van der Waals surface area (Å²) >= 11 is 0. The van der Waals surface area contributed by atoms with Crippen LogP contribution in [-0.4, -0.2) is 23.8 Å². The van der Waals surface area contributed by atoms with E-state index in [1.807, 2.05) is 0 Å². The predicted octanol–water partition coefficient (Wildman–Crippen LogP) is 4.34. The van der Waals surface area contributed by atoms with Gasteiger partial charge in [-0.15, -0.1) is 0 Å². The van der Waals surface area contributed by atoms with Crippen molar-refractivity contribution in [3.05, 3.63) is 71.4 Å². The molecule has 27 heavy (non-hydrogen) atoms. The molecule has 0 unspecified atom stereocenters. The molecule has 2 amide bonds. The van der Waals surface area contributed by atoms with Crippen LogP contribution in [0.3, 0.4) is 0 Å². The lowest BCUT2D eigenvalue weighted by Crippen LogP contribution is -2.37. The fourth-order valence-electron chi connectivity index (χ4n) is 2.95. The van der Waals surface area contributed by atoms with Crippen LogP contribution in [0.25, 0.3) is 0 Å². The van der Waals surface area contributed by atoms with Crippen LogP contribution in [0.2, 0.25) is 0 Å². The van der Waals surface area contributed by atoms with Gasteiger partial charge in [0.15, 0.2) is 5.78 Å². The lowest BCUT2D eigenvalue weighted by molar-refractivity contribution is -0.116. The first-order chi connectivity index (χ1) is 12.9. The van der Waals surface area contributed by atoms with Gasteiger partial charge < -0.3 is 10.1 Å². The summed E-state index contributed by atoms with van der Waals surface area (Å²) in [6.45, 7) is 1.69. The van der Waals surface area contributed by atoms with E-state index in [4.69, 9.17) is 4.74 Å². The third kappa shape index (κ3) is 3.97. The summed E-state index contributed by atoms with van der Waals surface area (Å²) in [7, 11) is 1.45. The van der Waals surface area contributed by atoms with E-state index >= 15 is 0 Å². The van der Waals surface area contributed by atoms with Crippen molar-refractivity contribution in [2.24, 2.45) is 0 Å². The number of amides is 2. The van der Waals surface area contributed by atoms with Crippen LogP contribution >= 0.6 is 0 Å². The number of ketones is 1. The zero-order chi connectivity index (χ0) is 19.6. The molecule has 5 nitrogen and oxygen atoms in total. The molecule has 3 rings (SSSR count). The molecule has 0 fully saturated rings. The Labute approximate surface area is 155 Å². The molecule has 1 heterocycles. The van der Waals surface area contributed by atoms with Crippen molar-refractivity contribution in [1.29, 1.82) is 0 Å². The van der Waals surface area contributed by atoms with Gasteiger partial charge in [0, 0.05) is 18.7 Å². The number of hydrogen-bond acceptors (Lipinski definition) is 3. The molecule has 2 aromatic carbocycles. The first-order valence-corrected chi connectivity index (χ1v) is 8.29. The van der Waals surface area contributed by atoms with Crippen molar-refractivity contribution in [3.8, 4) is 5.75 Å². The van der Waals surface area contributed by atoms with Crippen LogP contribution in [0.15, 0.2) is 48.7 Å². The Morgan fingerprint density at radius 1 is 1.22 bits per heavy atom. The Morgan fingerprint density at radius 2 is 1.93 bits per heavy atom. The molecule has 0 saturated heterocycles. The molecule has 0 saturated carbocycles. The quantitative estimate of drug-likeness (QED) is 0.872. The van der Waals surface area contributed by atoms with Gasteiger partial charge in [0.2, 0.25) is 0 Å². The number of allylic oxidation sites excluding steroid dienone is 1. The molecule has 2 aromatic rings. The second-order valence-corrected chi connectivity index (χ2v) is 6.19. The number of anilines is 1. The van der Waals surface area contributed by atoms with Gasteiger partial charge in [-0.2, -0.15) is 0 Å². The van der Waals surface area contributed by atoms with Gasteiger partial charge in [-0.1, -0.05) is 12.1 Å². The Kier molecular flexibility index (Phi) is 5.21. The monoisotopic (exact) mass is 372 g/mol. The molecule has 0 bridgehead atoms. The van der Waals surface area contributed by atoms with Crippen LogP contribution in [0, 0.1) is 18.6 Å². The molecule has 0 radical (unpaired) electrons. The van der Waals surface area contributed by atoms with Crippen molar-refractivity contribution in [1.82, 2.24) is 4.90 Å². The van der Waals surface area contributed by atoms with Crippen LogP contribution < -0.4 is 10.1 Å². The molecule has 0 aromatic heterocycles. The third-order valence-corrected chi connectivity index (χ3v) is 4.37. The van der Waals surface area contributed by atoms with E-state index in [0.717, 1.165) is 0 Å². The van der Waals surface area contributed by atoms with Gasteiger partial charge in [0.1, 0.15) is 17.4 Å². The van der Waals surface area contributed by atoms with Crippen LogP contribution in [0.4, 0.5) is 19.3 Å². The Morgan fingerprint density at radius 3 is 2.59 bits per heavy atom. The average molecular weight is 372 g/mol. The second-order valence-electron chi connectivity index (χ2n) is 6.19. The summed E-state index contributed by atoms with van der Waals surface area (Å²) in [5.74, 6) is -0.735. The highest BCUT2D eigenvalue weighted by atomic mass is 19.1. The summed E-state index contributed by atoms with van der Waals surface area (Å²) < 4.78 is 32.6. The lowest BCUT2D eigenvalue weighted by atomic mass is 9.97. The molecule has 1 aliphatic heterocycles. The zero-order valence-corrected chi connectivity index (χ0v) is 14.8. The summed E-state index contributed by atoms with van der Waals surface area (Å²) in [5, 5.41) is 2.50. The topological polar surface area (TPSA) is 58.6 Å². The summed E-state index contributed by atoms with van der Waals surface area (Å²) in [6.07, 6.45) is 2.68. The zero-order valence-electron chi connectivity index (χ0n) is 14.8. The van der Waals surface area contributed by atoms with E-state index in [1.54, 1.807) is 6.92 Å². The number of ether oxygens (including phenoxy) is 1. The number of urea groups is 1. The van der Waals surface area contributed by atoms with Gasteiger partial charge >= 0.3 is 6.03 Å². The largest absolute Gasteiger partial charge is 0.496 e. The van der Waals surface area contributed by atoms with Gasteiger partial charge in [-0.3, -0.25) is 9.69 Å². The second kappa shape index (κ2) is 7.57. The third-order valence-electron chi connectivity index (χ3n) is 4.37. The Balaban J connectivity index is 1.88. The van der Waals surface area contributed by atoms with Crippen molar-refractivity contribution in [2.75, 3.05) is 12.4 Å². The van der Waals surface area contributed by atoms with E-state index in [-0.39, 0.29) is 17.9 Å². The number of halogens is 2. The maximum atomic E-state index is 14.2. The highest BCUT2D eigenvalue weighted by Crippen LogP contribution is 2.31. The number of nitrogens with one attached hydrogen (secondary N) is 1. The van der Waals surface area contributed by atoms with E-state index in [2.05, 4.69) is 5.32 Å². The molecule has 140 valence electrons. The summed E-state index contributed by atoms with van der Waals surface area (Å²) in [6, 6.07) is 6.99. The molecule has 1 aliphatic rings. The first-order valence-electron chi connectivity index (χ1n) is 8.29. The highest BCUT2D eigenvalue weighted by molar-refractivity contribution is 5.96. The van der Waals surface area contributed by atoms with Crippen LogP contribution in [-0.2, 0) is 4.79 Å². The van der Waals surface area contributed by atoms with Gasteiger partial charge in [-0.05, 0) is 42.3 Å². The number of carbonyl (C=O) groups excluding carboxylic acids is 2. The van der Waals surface area contributed by atoms with Gasteiger partial charge in [0.05, 0.1) is 18.8 Å². The number of rotatable bonds is 3. The number of aryl methyl sites for hydroxylation is 1. The minimum Gasteiger partial charge on any atom is -0.496 e. The van der Waals surface area contributed by atoms with E-state index < -0.39 is 23.7 Å². The Bertz CT molecular complexity index is 910. The average Bonchev–Trinajstić information content (AvgIpc) is 2.64. The van der Waals surface area contributed by atoms with Crippen molar-refractivity contribution in [3.63, 3.8) is 0 Å². The Hall–Kier alpha value is -3.22. The fourth-order valence-corrected chi connectivity index (χ4v) is 2.95. The smallest absolute Gasteiger partial charge is 0.326 e. The maximum Gasteiger partial charge on any atom is 0.326 e. The summed E-state index contributed by atoms with van der Waals surface area (Å²) in [5.41, 5.74) is 1.16. The van der Waals surface area contributed by atoms with Crippen LogP contribution in [0.1, 0.15) is 23.6 Å². The van der Waals surface area contributed by atoms with Crippen molar-refractivity contribution < 1.29 is 23.1 Å². The molecule has 1 atom stereocenters. The molecular formula is C20H18F2N2O3. The number of hydrogen-bond donors (Lipinski definition) is 1. The normalized spacial score (nSPS) is 16.4. The lowest BCUT2D eigenvalue weighted by Gasteiger charge is -2.31. The SMILES string of the molecule is COc1cc(NC(=O)N2C=CC(=O)C[C@H]2c2ccc(F)cc2)c(F)cc1C.